The van der Waals surface area contributed by atoms with Crippen molar-refractivity contribution in [3.8, 4) is 0 Å². The van der Waals surface area contributed by atoms with Gasteiger partial charge in [0, 0.05) is 31.4 Å². The Kier molecular flexibility index (Phi) is 4.59. The number of aliphatic imine (C=N–C) groups is 1. The third kappa shape index (κ3) is 2.94. The summed E-state index contributed by atoms with van der Waals surface area (Å²) in [5, 5.41) is 3.05. The molecule has 1 aromatic heterocycles. The van der Waals surface area contributed by atoms with Crippen molar-refractivity contribution in [1.82, 2.24) is 4.98 Å². The van der Waals surface area contributed by atoms with Crippen molar-refractivity contribution in [3.63, 3.8) is 0 Å². The van der Waals surface area contributed by atoms with Crippen LogP contribution in [0, 0.1) is 5.41 Å². The number of ether oxygens (including phenoxy) is 2. The van der Waals surface area contributed by atoms with Gasteiger partial charge < -0.3 is 20.5 Å². The summed E-state index contributed by atoms with van der Waals surface area (Å²) in [6.45, 7) is 4.35. The van der Waals surface area contributed by atoms with Gasteiger partial charge in [0.15, 0.2) is 5.96 Å². The largest absolute Gasteiger partial charge is 0.381 e. The van der Waals surface area contributed by atoms with Crippen molar-refractivity contribution in [2.24, 2.45) is 16.1 Å². The average molecular weight is 304 g/mol. The lowest BCUT2D eigenvalue weighted by molar-refractivity contribution is -0.163. The number of nitrogens with two attached hydrogens (primary N) is 1. The molecule has 6 heteroatoms. The maximum absolute atomic E-state index is 6.05. The van der Waals surface area contributed by atoms with Crippen molar-refractivity contribution >= 4 is 11.8 Å². The first-order valence-electron chi connectivity index (χ1n) is 7.95. The van der Waals surface area contributed by atoms with Crippen molar-refractivity contribution in [3.05, 3.63) is 24.4 Å². The molecule has 1 aromatic rings. The van der Waals surface area contributed by atoms with Crippen LogP contribution in [0.2, 0.25) is 0 Å². The third-order valence-corrected chi connectivity index (χ3v) is 4.75. The number of pyridine rings is 1. The Hall–Kier alpha value is -1.66. The van der Waals surface area contributed by atoms with Gasteiger partial charge in [-0.05, 0) is 38.3 Å². The van der Waals surface area contributed by atoms with E-state index in [9.17, 15) is 0 Å². The van der Waals surface area contributed by atoms with Gasteiger partial charge in [0.2, 0.25) is 0 Å². The van der Waals surface area contributed by atoms with Crippen LogP contribution in [-0.2, 0) is 9.47 Å². The molecule has 1 spiro atoms. The Labute approximate surface area is 131 Å². The standard InChI is InChI=1S/C16H24N4O2/c1-2-22-13-11-12(16(13)6-9-21-10-7-16)19-15(17)20-14-5-3-4-8-18-14/h3-5,8,12-13H,2,6-7,9-11H2,1H3,(H3,17,18,19,20). The molecule has 1 aliphatic carbocycles. The predicted molar refractivity (Wildman–Crippen MR) is 85.8 cm³/mol. The summed E-state index contributed by atoms with van der Waals surface area (Å²) in [5.41, 5.74) is 6.14. The number of rotatable bonds is 4. The predicted octanol–water partition coefficient (Wildman–Crippen LogP) is 1.78. The lowest BCUT2D eigenvalue weighted by atomic mass is 9.58. The van der Waals surface area contributed by atoms with Crippen molar-refractivity contribution < 1.29 is 9.47 Å². The van der Waals surface area contributed by atoms with Gasteiger partial charge in [-0.3, -0.25) is 0 Å². The summed E-state index contributed by atoms with van der Waals surface area (Å²) in [6, 6.07) is 5.85. The van der Waals surface area contributed by atoms with Crippen molar-refractivity contribution in [1.29, 1.82) is 0 Å². The number of anilines is 1. The van der Waals surface area contributed by atoms with E-state index in [1.807, 2.05) is 25.1 Å². The van der Waals surface area contributed by atoms with Gasteiger partial charge >= 0.3 is 0 Å². The second-order valence-corrected chi connectivity index (χ2v) is 5.90. The Balaban J connectivity index is 1.69. The molecule has 1 saturated heterocycles. The molecule has 120 valence electrons. The monoisotopic (exact) mass is 304 g/mol. The molecule has 6 nitrogen and oxygen atoms in total. The van der Waals surface area contributed by atoms with Gasteiger partial charge in [-0.1, -0.05) is 6.07 Å². The number of guanidine groups is 1. The number of nitrogens with zero attached hydrogens (tertiary/aromatic N) is 2. The Bertz CT molecular complexity index is 514. The normalized spacial score (nSPS) is 27.4. The van der Waals surface area contributed by atoms with E-state index in [1.165, 1.54) is 0 Å². The molecular weight excluding hydrogens is 280 g/mol. The highest BCUT2D eigenvalue weighted by atomic mass is 16.5. The second kappa shape index (κ2) is 6.62. The number of aromatic nitrogens is 1. The fourth-order valence-corrected chi connectivity index (χ4v) is 3.52. The van der Waals surface area contributed by atoms with Crippen LogP contribution in [0.5, 0.6) is 0 Å². The highest BCUT2D eigenvalue weighted by Gasteiger charge is 2.56. The highest BCUT2D eigenvalue weighted by molar-refractivity contribution is 5.91. The highest BCUT2D eigenvalue weighted by Crippen LogP contribution is 2.52. The van der Waals surface area contributed by atoms with Crippen LogP contribution in [0.4, 0.5) is 5.82 Å². The molecule has 1 aliphatic heterocycles. The van der Waals surface area contributed by atoms with Gasteiger partial charge in [-0.2, -0.15) is 0 Å². The Morgan fingerprint density at radius 2 is 2.32 bits per heavy atom. The van der Waals surface area contributed by atoms with Crippen LogP contribution in [0.15, 0.2) is 29.4 Å². The fourth-order valence-electron chi connectivity index (χ4n) is 3.52. The minimum Gasteiger partial charge on any atom is -0.381 e. The zero-order chi connectivity index (χ0) is 15.4. The topological polar surface area (TPSA) is 81.8 Å². The molecule has 2 unspecified atom stereocenters. The van der Waals surface area contributed by atoms with E-state index in [0.29, 0.717) is 11.8 Å². The first-order valence-corrected chi connectivity index (χ1v) is 7.95. The lowest BCUT2D eigenvalue weighted by Gasteiger charge is -2.55. The molecule has 2 atom stereocenters. The van der Waals surface area contributed by atoms with Crippen LogP contribution < -0.4 is 11.1 Å². The first-order chi connectivity index (χ1) is 10.7. The van der Waals surface area contributed by atoms with E-state index in [-0.39, 0.29) is 17.6 Å². The molecule has 0 amide bonds. The van der Waals surface area contributed by atoms with E-state index < -0.39 is 0 Å². The molecule has 22 heavy (non-hydrogen) atoms. The fraction of sp³-hybridized carbons (Fsp3) is 0.625. The molecule has 3 N–H and O–H groups in total. The van der Waals surface area contributed by atoms with Gasteiger partial charge in [-0.15, -0.1) is 0 Å². The average Bonchev–Trinajstić information content (AvgIpc) is 2.55. The van der Waals surface area contributed by atoms with Crippen LogP contribution in [0.25, 0.3) is 0 Å². The van der Waals surface area contributed by atoms with E-state index in [0.717, 1.165) is 39.1 Å². The van der Waals surface area contributed by atoms with E-state index in [4.69, 9.17) is 20.2 Å². The maximum Gasteiger partial charge on any atom is 0.194 e. The molecule has 2 aliphatic rings. The zero-order valence-electron chi connectivity index (χ0n) is 13.0. The van der Waals surface area contributed by atoms with Crippen molar-refractivity contribution in [2.75, 3.05) is 25.1 Å². The SMILES string of the molecule is CCOC1CC(N=C(N)Nc2ccccn2)C12CCOCC2. The molecule has 2 fully saturated rings. The van der Waals surface area contributed by atoms with E-state index in [1.54, 1.807) is 6.20 Å². The lowest BCUT2D eigenvalue weighted by Crippen LogP contribution is -2.60. The summed E-state index contributed by atoms with van der Waals surface area (Å²) in [6.07, 6.45) is 4.91. The molecule has 3 rings (SSSR count). The second-order valence-electron chi connectivity index (χ2n) is 5.90. The number of nitrogens with one attached hydrogen (secondary N) is 1. The quantitative estimate of drug-likeness (QED) is 0.654. The minimum absolute atomic E-state index is 0.0880. The van der Waals surface area contributed by atoms with Gasteiger partial charge in [0.1, 0.15) is 5.82 Å². The van der Waals surface area contributed by atoms with Crippen LogP contribution in [-0.4, -0.2) is 42.9 Å². The zero-order valence-corrected chi connectivity index (χ0v) is 13.0. The van der Waals surface area contributed by atoms with E-state index >= 15 is 0 Å². The summed E-state index contributed by atoms with van der Waals surface area (Å²) >= 11 is 0. The van der Waals surface area contributed by atoms with Gasteiger partial charge in [-0.25, -0.2) is 9.98 Å². The van der Waals surface area contributed by atoms with Crippen LogP contribution >= 0.6 is 0 Å². The first kappa shape index (κ1) is 15.2. The molecule has 1 saturated carbocycles. The van der Waals surface area contributed by atoms with Gasteiger partial charge in [0.05, 0.1) is 12.1 Å². The summed E-state index contributed by atoms with van der Waals surface area (Å²) in [7, 11) is 0. The van der Waals surface area contributed by atoms with E-state index in [2.05, 4.69) is 10.3 Å². The molecule has 0 aromatic carbocycles. The van der Waals surface area contributed by atoms with Crippen molar-refractivity contribution in [2.45, 2.75) is 38.3 Å². The Morgan fingerprint density at radius 3 is 3.00 bits per heavy atom. The molecule has 0 radical (unpaired) electrons. The van der Waals surface area contributed by atoms with Crippen LogP contribution in [0.3, 0.4) is 0 Å². The number of hydrogen-bond donors (Lipinski definition) is 2. The summed E-state index contributed by atoms with van der Waals surface area (Å²) in [4.78, 5) is 8.90. The third-order valence-electron chi connectivity index (χ3n) is 4.75. The Morgan fingerprint density at radius 1 is 1.50 bits per heavy atom. The number of hydrogen-bond acceptors (Lipinski definition) is 4. The molecule has 0 bridgehead atoms. The smallest absolute Gasteiger partial charge is 0.194 e. The maximum atomic E-state index is 6.05. The summed E-state index contributed by atoms with van der Waals surface area (Å²) in [5.74, 6) is 1.13. The van der Waals surface area contributed by atoms with Gasteiger partial charge in [0.25, 0.3) is 0 Å². The summed E-state index contributed by atoms with van der Waals surface area (Å²) < 4.78 is 11.4. The minimum atomic E-state index is 0.0880. The van der Waals surface area contributed by atoms with Crippen LogP contribution in [0.1, 0.15) is 26.2 Å². The molecular formula is C16H24N4O2. The molecule has 2 heterocycles.